The van der Waals surface area contributed by atoms with Gasteiger partial charge in [0.1, 0.15) is 0 Å². The number of likely N-dealkylation sites (N-methyl/N-ethyl adjacent to an activating group) is 1. The summed E-state index contributed by atoms with van der Waals surface area (Å²) in [4.78, 5) is 2.66. The van der Waals surface area contributed by atoms with Gasteiger partial charge in [0, 0.05) is 18.3 Å². The lowest BCUT2D eigenvalue weighted by atomic mass is 10.0. The van der Waals surface area contributed by atoms with E-state index in [0.717, 1.165) is 18.8 Å². The maximum absolute atomic E-state index is 11.8. The molecular weight excluding hydrogens is 274 g/mol. The average Bonchev–Trinajstić information content (AvgIpc) is 2.47. The third-order valence-electron chi connectivity index (χ3n) is 3.88. The molecule has 0 bridgehead atoms. The number of nitrogens with one attached hydrogen (secondary N) is 2. The summed E-state index contributed by atoms with van der Waals surface area (Å²) in [5.74, 6) is 0. The van der Waals surface area contributed by atoms with Crippen molar-refractivity contribution in [3.05, 3.63) is 24.3 Å². The summed E-state index contributed by atoms with van der Waals surface area (Å²) >= 11 is 0. The zero-order chi connectivity index (χ0) is 14.6. The molecule has 112 valence electrons. The van der Waals surface area contributed by atoms with E-state index in [1.165, 1.54) is 26.3 Å². The fourth-order valence-electron chi connectivity index (χ4n) is 2.53. The minimum absolute atomic E-state index is 0.294. The first kappa shape index (κ1) is 15.3. The third-order valence-corrected chi connectivity index (χ3v) is 5.29. The second-order valence-corrected chi connectivity index (χ2v) is 7.13. The van der Waals surface area contributed by atoms with E-state index in [1.54, 1.807) is 18.2 Å². The van der Waals surface area contributed by atoms with Crippen molar-refractivity contribution in [2.75, 3.05) is 32.5 Å². The number of sulfonamides is 1. The molecule has 1 aromatic rings. The molecule has 1 atom stereocenters. The van der Waals surface area contributed by atoms with Gasteiger partial charge in [-0.1, -0.05) is 12.5 Å². The summed E-state index contributed by atoms with van der Waals surface area (Å²) in [6.07, 6.45) is 3.73. The quantitative estimate of drug-likeness (QED) is 0.864. The van der Waals surface area contributed by atoms with Gasteiger partial charge in [-0.05, 0) is 51.7 Å². The average molecular weight is 297 g/mol. The Labute approximate surface area is 121 Å². The second kappa shape index (κ2) is 6.56. The van der Waals surface area contributed by atoms with Gasteiger partial charge >= 0.3 is 0 Å². The van der Waals surface area contributed by atoms with Crippen LogP contribution < -0.4 is 10.0 Å². The first-order valence-electron chi connectivity index (χ1n) is 7.00. The molecule has 0 aromatic heterocycles. The highest BCUT2D eigenvalue weighted by atomic mass is 32.2. The number of likely N-dealkylation sites (tertiary alicyclic amines) is 1. The molecule has 2 rings (SSSR count). The Bertz CT molecular complexity index is 545. The topological polar surface area (TPSA) is 61.4 Å². The van der Waals surface area contributed by atoms with Crippen molar-refractivity contribution < 1.29 is 8.42 Å². The molecule has 20 heavy (non-hydrogen) atoms. The van der Waals surface area contributed by atoms with Gasteiger partial charge in [0.15, 0.2) is 0 Å². The lowest BCUT2D eigenvalue weighted by Crippen LogP contribution is -2.40. The van der Waals surface area contributed by atoms with Crippen LogP contribution in [0.2, 0.25) is 0 Å². The van der Waals surface area contributed by atoms with E-state index < -0.39 is 10.0 Å². The summed E-state index contributed by atoms with van der Waals surface area (Å²) in [5, 5.41) is 3.35. The molecule has 1 unspecified atom stereocenters. The highest BCUT2D eigenvalue weighted by Gasteiger charge is 2.18. The van der Waals surface area contributed by atoms with Gasteiger partial charge in [-0.2, -0.15) is 0 Å². The SMILES string of the molecule is CNS(=O)(=O)c1cccc(NCC2CCCCN2C)c1. The molecule has 0 saturated carbocycles. The lowest BCUT2D eigenvalue weighted by Gasteiger charge is -2.32. The van der Waals surface area contributed by atoms with Crippen molar-refractivity contribution in [1.29, 1.82) is 0 Å². The molecule has 0 spiro atoms. The summed E-state index contributed by atoms with van der Waals surface area (Å²) in [6.45, 7) is 1.99. The maximum atomic E-state index is 11.8. The minimum atomic E-state index is -3.38. The molecule has 1 aromatic carbocycles. The van der Waals surface area contributed by atoms with Gasteiger partial charge in [0.25, 0.3) is 0 Å². The molecule has 1 fully saturated rings. The zero-order valence-corrected chi connectivity index (χ0v) is 12.9. The molecule has 2 N–H and O–H groups in total. The molecule has 1 aliphatic rings. The van der Waals surface area contributed by atoms with E-state index in [-0.39, 0.29) is 0 Å². The third kappa shape index (κ3) is 3.71. The Balaban J connectivity index is 2.01. The van der Waals surface area contributed by atoms with Crippen LogP contribution in [0.3, 0.4) is 0 Å². The number of hydrogen-bond acceptors (Lipinski definition) is 4. The standard InChI is InChI=1S/C14H23N3O2S/c1-15-20(18,19)14-8-5-6-12(10-14)16-11-13-7-3-4-9-17(13)2/h5-6,8,10,13,15-16H,3-4,7,9,11H2,1-2H3. The molecule has 5 nitrogen and oxygen atoms in total. The largest absolute Gasteiger partial charge is 0.383 e. The number of hydrogen-bond donors (Lipinski definition) is 2. The molecule has 1 saturated heterocycles. The first-order valence-corrected chi connectivity index (χ1v) is 8.49. The zero-order valence-electron chi connectivity index (χ0n) is 12.1. The summed E-state index contributed by atoms with van der Waals surface area (Å²) in [7, 11) is 0.194. The van der Waals surface area contributed by atoms with Crippen LogP contribution in [0.25, 0.3) is 0 Å². The predicted molar refractivity (Wildman–Crippen MR) is 81.4 cm³/mol. The highest BCUT2D eigenvalue weighted by Crippen LogP contribution is 2.18. The molecule has 0 radical (unpaired) electrons. The van der Waals surface area contributed by atoms with Gasteiger partial charge in [0.05, 0.1) is 4.90 Å². The smallest absolute Gasteiger partial charge is 0.240 e. The van der Waals surface area contributed by atoms with Crippen molar-refractivity contribution in [3.8, 4) is 0 Å². The van der Waals surface area contributed by atoms with Crippen LogP contribution in [0.1, 0.15) is 19.3 Å². The number of benzene rings is 1. The van der Waals surface area contributed by atoms with Gasteiger partial charge in [-0.25, -0.2) is 13.1 Å². The second-order valence-electron chi connectivity index (χ2n) is 5.25. The van der Waals surface area contributed by atoms with Crippen LogP contribution in [-0.4, -0.2) is 46.5 Å². The van der Waals surface area contributed by atoms with Crippen LogP contribution in [0.4, 0.5) is 5.69 Å². The molecule has 1 aliphatic heterocycles. The highest BCUT2D eigenvalue weighted by molar-refractivity contribution is 7.89. The van der Waals surface area contributed by atoms with Gasteiger partial charge in [-0.15, -0.1) is 0 Å². The number of piperidine rings is 1. The lowest BCUT2D eigenvalue weighted by molar-refractivity contribution is 0.194. The van der Waals surface area contributed by atoms with Crippen LogP contribution in [-0.2, 0) is 10.0 Å². The Hall–Kier alpha value is -1.11. The predicted octanol–water partition coefficient (Wildman–Crippen LogP) is 1.49. The Morgan fingerprint density at radius 3 is 2.85 bits per heavy atom. The Kier molecular flexibility index (Phi) is 5.01. The van der Waals surface area contributed by atoms with Gasteiger partial charge in [0.2, 0.25) is 10.0 Å². The summed E-state index contributed by atoms with van der Waals surface area (Å²) in [5.41, 5.74) is 0.847. The molecule has 6 heteroatoms. The summed E-state index contributed by atoms with van der Waals surface area (Å²) < 4.78 is 25.9. The first-order chi connectivity index (χ1) is 9.53. The van der Waals surface area contributed by atoms with E-state index in [4.69, 9.17) is 0 Å². The Morgan fingerprint density at radius 2 is 2.15 bits per heavy atom. The van der Waals surface area contributed by atoms with Crippen molar-refractivity contribution in [1.82, 2.24) is 9.62 Å². The normalized spacial score (nSPS) is 20.8. The van der Waals surface area contributed by atoms with E-state index in [9.17, 15) is 8.42 Å². The maximum Gasteiger partial charge on any atom is 0.240 e. The Morgan fingerprint density at radius 1 is 1.35 bits per heavy atom. The fraction of sp³-hybridized carbons (Fsp3) is 0.571. The van der Waals surface area contributed by atoms with Crippen molar-refractivity contribution in [2.24, 2.45) is 0 Å². The monoisotopic (exact) mass is 297 g/mol. The van der Waals surface area contributed by atoms with E-state index in [1.807, 2.05) is 6.07 Å². The van der Waals surface area contributed by atoms with Crippen molar-refractivity contribution >= 4 is 15.7 Å². The van der Waals surface area contributed by atoms with Crippen molar-refractivity contribution in [3.63, 3.8) is 0 Å². The fourth-order valence-corrected chi connectivity index (χ4v) is 3.30. The van der Waals surface area contributed by atoms with E-state index in [0.29, 0.717) is 10.9 Å². The minimum Gasteiger partial charge on any atom is -0.383 e. The molecular formula is C14H23N3O2S. The van der Waals surface area contributed by atoms with Crippen LogP contribution >= 0.6 is 0 Å². The van der Waals surface area contributed by atoms with Crippen LogP contribution in [0.5, 0.6) is 0 Å². The van der Waals surface area contributed by atoms with E-state index in [2.05, 4.69) is 22.0 Å². The molecule has 1 heterocycles. The summed E-state index contributed by atoms with van der Waals surface area (Å²) in [6, 6.07) is 7.46. The number of rotatable bonds is 5. The number of nitrogens with zero attached hydrogens (tertiary/aromatic N) is 1. The van der Waals surface area contributed by atoms with Crippen LogP contribution in [0.15, 0.2) is 29.2 Å². The van der Waals surface area contributed by atoms with E-state index >= 15 is 0 Å². The molecule has 0 aliphatic carbocycles. The molecule has 0 amide bonds. The van der Waals surface area contributed by atoms with Crippen LogP contribution in [0, 0.1) is 0 Å². The van der Waals surface area contributed by atoms with Gasteiger partial charge in [-0.3, -0.25) is 0 Å². The number of anilines is 1. The van der Waals surface area contributed by atoms with Crippen molar-refractivity contribution in [2.45, 2.75) is 30.2 Å². The van der Waals surface area contributed by atoms with Gasteiger partial charge < -0.3 is 10.2 Å².